The fraction of sp³-hybridized carbons (Fsp3) is 0.391. The monoisotopic (exact) mass is 813 g/mol. The molecule has 0 amide bonds. The molecule has 0 bridgehead atoms. The number of benzene rings is 4. The van der Waals surface area contributed by atoms with Gasteiger partial charge in [0.25, 0.3) is 0 Å². The fourth-order valence-electron chi connectivity index (χ4n) is 9.73. The van der Waals surface area contributed by atoms with Crippen LogP contribution in [0.4, 0.5) is 0 Å². The molecule has 0 aromatic heterocycles. The molecular formula is C46H53HfSi. The Labute approximate surface area is 298 Å². The van der Waals surface area contributed by atoms with Crippen LogP contribution in [-0.2, 0) is 42.3 Å². The van der Waals surface area contributed by atoms with E-state index in [0.717, 1.165) is 0 Å². The second-order valence-corrected chi connectivity index (χ2v) is 40.0. The van der Waals surface area contributed by atoms with E-state index < -0.39 is 26.6 Å². The summed E-state index contributed by atoms with van der Waals surface area (Å²) in [6, 6.07) is 34.4. The Bertz CT molecular complexity index is 1800. The summed E-state index contributed by atoms with van der Waals surface area (Å²) in [6.07, 6.45) is 15.6. The molecule has 0 spiro atoms. The van der Waals surface area contributed by atoms with Gasteiger partial charge in [0.05, 0.1) is 0 Å². The van der Waals surface area contributed by atoms with E-state index in [1.165, 1.54) is 36.8 Å². The molecule has 48 heavy (non-hydrogen) atoms. The van der Waals surface area contributed by atoms with Gasteiger partial charge >= 0.3 is 301 Å². The van der Waals surface area contributed by atoms with Gasteiger partial charge in [0.1, 0.15) is 0 Å². The van der Waals surface area contributed by atoms with Crippen molar-refractivity contribution in [1.29, 1.82) is 0 Å². The average Bonchev–Trinajstić information content (AvgIpc) is 3.68. The van der Waals surface area contributed by atoms with Crippen LogP contribution in [0.1, 0.15) is 133 Å². The number of hydrogen-bond acceptors (Lipinski definition) is 0. The third-order valence-electron chi connectivity index (χ3n) is 13.0. The third kappa shape index (κ3) is 5.31. The number of fused-ring (bicyclic) bond motifs is 4. The molecule has 2 heteroatoms. The van der Waals surface area contributed by atoms with Crippen LogP contribution in [0.5, 0.6) is 0 Å². The van der Waals surface area contributed by atoms with Gasteiger partial charge in [-0.05, 0) is 0 Å². The predicted octanol–water partition coefficient (Wildman–Crippen LogP) is 10.4. The molecule has 2 unspecified atom stereocenters. The second kappa shape index (κ2) is 11.5. The summed E-state index contributed by atoms with van der Waals surface area (Å²) in [6.45, 7) is 19.9. The van der Waals surface area contributed by atoms with E-state index in [1.807, 2.05) is 0 Å². The fourth-order valence-corrected chi connectivity index (χ4v) is 45.8. The van der Waals surface area contributed by atoms with Crippen molar-refractivity contribution in [3.63, 3.8) is 0 Å². The van der Waals surface area contributed by atoms with Crippen molar-refractivity contribution in [2.75, 3.05) is 0 Å². The topological polar surface area (TPSA) is 0 Å². The first-order valence-electron chi connectivity index (χ1n) is 18.5. The van der Waals surface area contributed by atoms with Crippen LogP contribution in [0.25, 0.3) is 12.2 Å². The zero-order valence-corrected chi connectivity index (χ0v) is 35.2. The summed E-state index contributed by atoms with van der Waals surface area (Å²) in [7, 11) is 0. The van der Waals surface area contributed by atoms with Crippen molar-refractivity contribution in [1.82, 2.24) is 0 Å². The van der Waals surface area contributed by atoms with Gasteiger partial charge in [-0.3, -0.25) is 0 Å². The van der Waals surface area contributed by atoms with Crippen molar-refractivity contribution in [3.8, 4) is 0 Å². The molecule has 0 fully saturated rings. The van der Waals surface area contributed by atoms with E-state index in [1.54, 1.807) is 43.8 Å². The molecule has 0 radical (unpaired) electrons. The molecule has 0 N–H and O–H groups in total. The van der Waals surface area contributed by atoms with E-state index >= 15 is 0 Å². The Balaban J connectivity index is 1.35. The first-order valence-corrected chi connectivity index (χ1v) is 30.6. The van der Waals surface area contributed by atoms with Crippen LogP contribution in [0.2, 0.25) is 0 Å². The van der Waals surface area contributed by atoms with Gasteiger partial charge in [0.2, 0.25) is 0 Å². The van der Waals surface area contributed by atoms with E-state index in [9.17, 15) is 0 Å². The van der Waals surface area contributed by atoms with Crippen molar-refractivity contribution < 1.29 is 20.6 Å². The summed E-state index contributed by atoms with van der Waals surface area (Å²) in [4.78, 5) is 0. The number of hydrogen-bond donors (Lipinski definition) is 0. The van der Waals surface area contributed by atoms with E-state index in [0.29, 0.717) is 7.35 Å². The normalized spacial score (nSPS) is 23.4. The van der Waals surface area contributed by atoms with Gasteiger partial charge in [0, 0.05) is 0 Å². The Morgan fingerprint density at radius 1 is 0.479 bits per heavy atom. The maximum atomic E-state index is 2.74. The van der Waals surface area contributed by atoms with Crippen molar-refractivity contribution in [2.24, 2.45) is 0 Å². The molecule has 0 nitrogen and oxygen atoms in total. The van der Waals surface area contributed by atoms with Crippen LogP contribution in [-0.4, -0.2) is 5.98 Å². The summed E-state index contributed by atoms with van der Waals surface area (Å²) in [5.74, 6) is -1.56. The molecular weight excluding hydrogens is 759 g/mol. The molecule has 0 heterocycles. The van der Waals surface area contributed by atoms with E-state index in [2.05, 4.69) is 165 Å². The molecule has 2 atom stereocenters. The number of allylic oxidation sites excluding steroid dienone is 2. The Morgan fingerprint density at radius 3 is 1.17 bits per heavy atom. The second-order valence-electron chi connectivity index (χ2n) is 18.0. The van der Waals surface area contributed by atoms with E-state index in [-0.39, 0.29) is 21.7 Å². The molecule has 245 valence electrons. The first-order chi connectivity index (χ1) is 22.8. The molecule has 0 aliphatic heterocycles. The molecule has 0 saturated carbocycles. The average molecular weight is 813 g/mol. The van der Waals surface area contributed by atoms with Crippen LogP contribution < -0.4 is 10.4 Å². The van der Waals surface area contributed by atoms with Gasteiger partial charge in [-0.25, -0.2) is 0 Å². The Kier molecular flexibility index (Phi) is 7.81. The van der Waals surface area contributed by atoms with Crippen LogP contribution in [0.3, 0.4) is 0 Å². The minimum atomic E-state index is -2.77. The van der Waals surface area contributed by atoms with Gasteiger partial charge in [-0.15, -0.1) is 0 Å². The molecule has 8 rings (SSSR count). The Morgan fingerprint density at radius 2 is 0.812 bits per heavy atom. The van der Waals surface area contributed by atoms with Crippen LogP contribution in [0, 0.1) is 0 Å². The van der Waals surface area contributed by atoms with Crippen LogP contribution in [0.15, 0.2) is 97.1 Å². The Hall–Kier alpha value is -2.55. The summed E-state index contributed by atoms with van der Waals surface area (Å²) < 4.78 is 1.16. The molecule has 4 aromatic carbocycles. The van der Waals surface area contributed by atoms with Gasteiger partial charge < -0.3 is 0 Å². The van der Waals surface area contributed by atoms with Crippen molar-refractivity contribution >= 4 is 28.5 Å². The van der Waals surface area contributed by atoms with E-state index in [4.69, 9.17) is 0 Å². The standard InChI is InChI=1S/2C17H21.C12H11Si.Hf/c2*1-16(2)8-9-17(3,4)15-11-13-7-5-6-12(13)10-14(15)16;1-3-7-11(8-4-1)13-12-9-5-2-6-10-12;/h2*5-7,10-11H,8-9H2,1-4H3;1-10,13H;. The van der Waals surface area contributed by atoms with Crippen molar-refractivity contribution in [3.05, 3.63) is 142 Å². The zero-order chi connectivity index (χ0) is 33.6. The maximum absolute atomic E-state index is 2.77. The van der Waals surface area contributed by atoms with Crippen LogP contribution >= 0.6 is 0 Å². The van der Waals surface area contributed by atoms with Crippen molar-refractivity contribution in [2.45, 2.75) is 110 Å². The zero-order valence-electron chi connectivity index (χ0n) is 30.5. The molecule has 4 aromatic rings. The van der Waals surface area contributed by atoms with Gasteiger partial charge in [0.15, 0.2) is 0 Å². The summed E-state index contributed by atoms with van der Waals surface area (Å²) >= 11 is -2.77. The SMILES string of the molecule is CC1(C)CCC(C)(C)c2cc3c(cc21)C=C[CH]3[Hf]([CH]1C=Cc2cc3c(cc21)C(C)(C)CCC3(C)C)[SiH](c1ccccc1)c1ccccc1. The third-order valence-corrected chi connectivity index (χ3v) is 44.8. The quantitative estimate of drug-likeness (QED) is 0.176. The molecule has 4 aliphatic carbocycles. The summed E-state index contributed by atoms with van der Waals surface area (Å²) in [5, 5.41) is 3.29. The first kappa shape index (κ1) is 32.6. The number of rotatable bonds is 5. The predicted molar refractivity (Wildman–Crippen MR) is 206 cm³/mol. The molecule has 4 aliphatic rings. The van der Waals surface area contributed by atoms with Gasteiger partial charge in [-0.2, -0.15) is 0 Å². The minimum absolute atomic E-state index is 0.214. The summed E-state index contributed by atoms with van der Waals surface area (Å²) in [5.41, 5.74) is 13.7. The van der Waals surface area contributed by atoms with Gasteiger partial charge in [-0.1, -0.05) is 0 Å². The molecule has 0 saturated heterocycles.